The van der Waals surface area contributed by atoms with Gasteiger partial charge in [0.25, 0.3) is 5.91 Å². The summed E-state index contributed by atoms with van der Waals surface area (Å²) in [7, 11) is 0. The second kappa shape index (κ2) is 10.2. The molecule has 1 aromatic heterocycles. The van der Waals surface area contributed by atoms with Gasteiger partial charge in [0.2, 0.25) is 5.91 Å². The van der Waals surface area contributed by atoms with Gasteiger partial charge in [0, 0.05) is 5.39 Å². The molecule has 1 aliphatic carbocycles. The van der Waals surface area contributed by atoms with Gasteiger partial charge in [0.1, 0.15) is 22.7 Å². The summed E-state index contributed by atoms with van der Waals surface area (Å²) < 4.78 is 16.1. The van der Waals surface area contributed by atoms with Crippen LogP contribution in [0.15, 0.2) is 22.6 Å². The lowest BCUT2D eigenvalue weighted by Gasteiger charge is -2.27. The first-order chi connectivity index (χ1) is 15.3. The highest BCUT2D eigenvalue weighted by Gasteiger charge is 2.35. The van der Waals surface area contributed by atoms with Gasteiger partial charge in [-0.2, -0.15) is 0 Å². The molecule has 1 saturated carbocycles. The minimum atomic E-state index is -1.01. The maximum absolute atomic E-state index is 12.3. The zero-order chi connectivity index (χ0) is 23.3. The van der Waals surface area contributed by atoms with E-state index >= 15 is 0 Å². The molecule has 0 radical (unpaired) electrons. The predicted molar refractivity (Wildman–Crippen MR) is 112 cm³/mol. The van der Waals surface area contributed by atoms with E-state index in [0.29, 0.717) is 40.9 Å². The lowest BCUT2D eigenvalue weighted by Crippen LogP contribution is -2.49. The number of aryl methyl sites for hydroxylation is 1. The van der Waals surface area contributed by atoms with Gasteiger partial charge in [-0.1, -0.05) is 12.8 Å². The van der Waals surface area contributed by atoms with E-state index in [4.69, 9.17) is 13.9 Å². The molecule has 3 N–H and O–H groups in total. The van der Waals surface area contributed by atoms with Crippen LogP contribution in [0.3, 0.4) is 0 Å². The molecule has 172 valence electrons. The van der Waals surface area contributed by atoms with Crippen molar-refractivity contribution >= 4 is 34.7 Å². The van der Waals surface area contributed by atoms with Gasteiger partial charge in [-0.05, 0) is 44.9 Å². The van der Waals surface area contributed by atoms with Gasteiger partial charge < -0.3 is 19.0 Å². The predicted octanol–water partition coefficient (Wildman–Crippen LogP) is 2.34. The van der Waals surface area contributed by atoms with E-state index in [-0.39, 0.29) is 6.61 Å². The van der Waals surface area contributed by atoms with Crippen molar-refractivity contribution in [3.8, 4) is 5.75 Å². The molecular formula is C22H26N2O8. The third-order valence-corrected chi connectivity index (χ3v) is 5.43. The Hall–Kier alpha value is -3.56. The number of amides is 2. The summed E-state index contributed by atoms with van der Waals surface area (Å²) in [6, 6.07) is 4.78. The SMILES string of the molecule is CCOC(=O)c1c(C)oc2ccc(OCC(=O)NNC(=O)[C@H]3CCCC[C@H]3C(=O)O)cc12. The Bertz CT molecular complexity index is 1030. The number of carbonyl (C=O) groups excluding carboxylic acids is 3. The summed E-state index contributed by atoms with van der Waals surface area (Å²) in [4.78, 5) is 47.9. The van der Waals surface area contributed by atoms with Gasteiger partial charge in [-0.25, -0.2) is 4.79 Å². The van der Waals surface area contributed by atoms with E-state index in [2.05, 4.69) is 10.9 Å². The number of hydrazine groups is 1. The number of fused-ring (bicyclic) bond motifs is 1. The van der Waals surface area contributed by atoms with Crippen molar-refractivity contribution < 1.29 is 38.2 Å². The van der Waals surface area contributed by atoms with Crippen molar-refractivity contribution in [3.05, 3.63) is 29.5 Å². The molecule has 0 bridgehead atoms. The minimum absolute atomic E-state index is 0.223. The van der Waals surface area contributed by atoms with Crippen LogP contribution in [-0.4, -0.2) is 42.1 Å². The first-order valence-corrected chi connectivity index (χ1v) is 10.5. The van der Waals surface area contributed by atoms with E-state index in [1.807, 2.05) is 0 Å². The first-order valence-electron chi connectivity index (χ1n) is 10.5. The van der Waals surface area contributed by atoms with Crippen LogP contribution in [0, 0.1) is 18.8 Å². The third kappa shape index (κ3) is 5.19. The highest BCUT2D eigenvalue weighted by molar-refractivity contribution is 6.04. The topological polar surface area (TPSA) is 144 Å². The molecule has 0 unspecified atom stereocenters. The molecule has 2 aromatic rings. The quantitative estimate of drug-likeness (QED) is 0.434. The lowest BCUT2D eigenvalue weighted by atomic mass is 9.79. The Labute approximate surface area is 184 Å². The number of carboxylic acid groups (broad SMARTS) is 1. The van der Waals surface area contributed by atoms with Crippen molar-refractivity contribution in [1.29, 1.82) is 0 Å². The van der Waals surface area contributed by atoms with Gasteiger partial charge in [-0.3, -0.25) is 25.2 Å². The molecule has 32 heavy (non-hydrogen) atoms. The Balaban J connectivity index is 1.57. The molecule has 1 aliphatic rings. The van der Waals surface area contributed by atoms with E-state index in [0.717, 1.165) is 12.8 Å². The molecule has 3 rings (SSSR count). The standard InChI is InChI=1S/C22H26N2O8/c1-3-30-22(29)19-12(2)32-17-9-8-13(10-16(17)19)31-11-18(25)23-24-20(26)14-6-4-5-7-15(14)21(27)28/h8-10,14-15H,3-7,11H2,1-2H3,(H,23,25)(H,24,26)(H,27,28)/t14-,15+/m0/s1. The zero-order valence-corrected chi connectivity index (χ0v) is 17.9. The zero-order valence-electron chi connectivity index (χ0n) is 17.9. The molecule has 1 heterocycles. The fourth-order valence-corrected chi connectivity index (χ4v) is 3.90. The van der Waals surface area contributed by atoms with Gasteiger partial charge in [-0.15, -0.1) is 0 Å². The number of benzene rings is 1. The number of carbonyl (C=O) groups is 4. The van der Waals surface area contributed by atoms with Gasteiger partial charge in [0.15, 0.2) is 6.61 Å². The Morgan fingerprint density at radius 2 is 1.84 bits per heavy atom. The molecule has 0 aliphatic heterocycles. The van der Waals surface area contributed by atoms with E-state index in [1.165, 1.54) is 0 Å². The van der Waals surface area contributed by atoms with Crippen LogP contribution >= 0.6 is 0 Å². The summed E-state index contributed by atoms with van der Waals surface area (Å²) in [5.41, 5.74) is 5.31. The number of aliphatic carboxylic acids is 1. The summed E-state index contributed by atoms with van der Waals surface area (Å²) in [5.74, 6) is -3.36. The number of esters is 1. The molecule has 2 amide bonds. The molecule has 1 aromatic carbocycles. The van der Waals surface area contributed by atoms with Crippen LogP contribution in [-0.2, 0) is 19.1 Å². The number of hydrogen-bond donors (Lipinski definition) is 3. The smallest absolute Gasteiger partial charge is 0.342 e. The summed E-state index contributed by atoms with van der Waals surface area (Å²) in [6.07, 6.45) is 2.43. The van der Waals surface area contributed by atoms with Crippen LogP contribution in [0.2, 0.25) is 0 Å². The normalized spacial score (nSPS) is 18.1. The summed E-state index contributed by atoms with van der Waals surface area (Å²) in [5, 5.41) is 9.79. The lowest BCUT2D eigenvalue weighted by molar-refractivity contribution is -0.149. The highest BCUT2D eigenvalue weighted by Crippen LogP contribution is 2.31. The van der Waals surface area contributed by atoms with Crippen LogP contribution in [0.5, 0.6) is 5.75 Å². The molecule has 1 fully saturated rings. The van der Waals surface area contributed by atoms with Crippen molar-refractivity contribution in [1.82, 2.24) is 10.9 Å². The largest absolute Gasteiger partial charge is 0.484 e. The maximum atomic E-state index is 12.3. The van der Waals surface area contributed by atoms with Crippen LogP contribution in [0.25, 0.3) is 11.0 Å². The monoisotopic (exact) mass is 446 g/mol. The molecule has 10 nitrogen and oxygen atoms in total. The number of hydrogen-bond acceptors (Lipinski definition) is 7. The van der Waals surface area contributed by atoms with E-state index < -0.39 is 42.2 Å². The second-order valence-corrected chi connectivity index (χ2v) is 7.57. The highest BCUT2D eigenvalue weighted by atomic mass is 16.5. The number of nitrogens with one attached hydrogen (secondary N) is 2. The van der Waals surface area contributed by atoms with Crippen molar-refractivity contribution in [3.63, 3.8) is 0 Å². The number of rotatable bonds is 7. The summed E-state index contributed by atoms with van der Waals surface area (Å²) in [6.45, 7) is 3.19. The number of ether oxygens (including phenoxy) is 2. The molecule has 0 saturated heterocycles. The van der Waals surface area contributed by atoms with Crippen molar-refractivity contribution in [2.24, 2.45) is 11.8 Å². The molecular weight excluding hydrogens is 420 g/mol. The van der Waals surface area contributed by atoms with Crippen LogP contribution in [0.4, 0.5) is 0 Å². The van der Waals surface area contributed by atoms with Gasteiger partial charge in [0.05, 0.1) is 18.4 Å². The number of carboxylic acids is 1. The average molecular weight is 446 g/mol. The average Bonchev–Trinajstić information content (AvgIpc) is 3.11. The number of furan rings is 1. The molecule has 10 heteroatoms. The fraction of sp³-hybridized carbons (Fsp3) is 0.455. The van der Waals surface area contributed by atoms with Crippen molar-refractivity contribution in [2.75, 3.05) is 13.2 Å². The minimum Gasteiger partial charge on any atom is -0.484 e. The van der Waals surface area contributed by atoms with Crippen molar-refractivity contribution in [2.45, 2.75) is 39.5 Å². The Morgan fingerprint density at radius 1 is 1.12 bits per heavy atom. The Morgan fingerprint density at radius 3 is 2.53 bits per heavy atom. The van der Waals surface area contributed by atoms with E-state index in [9.17, 15) is 24.3 Å². The molecule has 2 atom stereocenters. The second-order valence-electron chi connectivity index (χ2n) is 7.57. The Kier molecular flexibility index (Phi) is 7.34. The first kappa shape index (κ1) is 23.1. The van der Waals surface area contributed by atoms with Gasteiger partial charge >= 0.3 is 11.9 Å². The summed E-state index contributed by atoms with van der Waals surface area (Å²) >= 11 is 0. The fourth-order valence-electron chi connectivity index (χ4n) is 3.90. The van der Waals surface area contributed by atoms with E-state index in [1.54, 1.807) is 32.0 Å². The van der Waals surface area contributed by atoms with Crippen LogP contribution in [0.1, 0.15) is 48.7 Å². The third-order valence-electron chi connectivity index (χ3n) is 5.43. The molecule has 0 spiro atoms. The maximum Gasteiger partial charge on any atom is 0.342 e. The van der Waals surface area contributed by atoms with Crippen LogP contribution < -0.4 is 15.6 Å².